The number of esters is 1. The molecular formula is C49H82IN5O13. The first-order valence-corrected chi connectivity index (χ1v) is 25.5. The van der Waals surface area contributed by atoms with Gasteiger partial charge in [0.2, 0.25) is 0 Å². The van der Waals surface area contributed by atoms with Crippen LogP contribution in [0.1, 0.15) is 100 Å². The van der Waals surface area contributed by atoms with Crippen molar-refractivity contribution >= 4 is 28.6 Å². The highest BCUT2D eigenvalue weighted by Gasteiger charge is 2.52. The molecule has 19 heteroatoms. The van der Waals surface area contributed by atoms with Crippen LogP contribution in [0.5, 0.6) is 5.75 Å². The Bertz CT molecular complexity index is 1860. The first-order valence-electron chi connectivity index (χ1n) is 24.4. The molecule has 3 saturated heterocycles. The average Bonchev–Trinajstić information content (AvgIpc) is 3.75. The van der Waals surface area contributed by atoms with Crippen molar-refractivity contribution in [2.24, 2.45) is 17.8 Å². The summed E-state index contributed by atoms with van der Waals surface area (Å²) in [7, 11) is 5.29. The maximum Gasteiger partial charge on any atom is 0.311 e. The highest BCUT2D eigenvalue weighted by Crippen LogP contribution is 2.40. The lowest BCUT2D eigenvalue weighted by Crippen LogP contribution is -2.60. The van der Waals surface area contributed by atoms with Gasteiger partial charge in [-0.1, -0.05) is 26.0 Å². The van der Waals surface area contributed by atoms with Crippen molar-refractivity contribution in [1.82, 2.24) is 24.8 Å². The number of cyclic esters (lactones) is 1. The van der Waals surface area contributed by atoms with E-state index in [0.29, 0.717) is 39.1 Å². The summed E-state index contributed by atoms with van der Waals surface area (Å²) in [5, 5.41) is 68.1. The number of likely N-dealkylation sites (N-methyl/N-ethyl adjacent to an activating group) is 2. The van der Waals surface area contributed by atoms with E-state index in [1.807, 2.05) is 68.0 Å². The number of aliphatic hydroxyl groups is 5. The lowest BCUT2D eigenvalue weighted by molar-refractivity contribution is -0.313. The van der Waals surface area contributed by atoms with Gasteiger partial charge in [0, 0.05) is 73.8 Å². The molecule has 5 rings (SSSR count). The number of ether oxygens (including phenoxy) is 7. The van der Waals surface area contributed by atoms with Crippen molar-refractivity contribution in [2.45, 2.75) is 192 Å². The number of rotatable bonds is 15. The van der Waals surface area contributed by atoms with Crippen molar-refractivity contribution < 1.29 is 63.5 Å². The summed E-state index contributed by atoms with van der Waals surface area (Å²) in [6.45, 7) is 18.2. The predicted molar refractivity (Wildman–Crippen MR) is 262 cm³/mol. The molecule has 68 heavy (non-hydrogen) atoms. The Hall–Kier alpha value is -2.12. The Morgan fingerprint density at radius 1 is 1.00 bits per heavy atom. The van der Waals surface area contributed by atoms with Gasteiger partial charge in [0.15, 0.2) is 12.6 Å². The zero-order valence-electron chi connectivity index (χ0n) is 42.4. The first-order chi connectivity index (χ1) is 31.9. The largest absolute Gasteiger partial charge is 0.494 e. The van der Waals surface area contributed by atoms with Gasteiger partial charge >= 0.3 is 5.97 Å². The maximum atomic E-state index is 14.4. The van der Waals surface area contributed by atoms with Crippen LogP contribution in [0, 0.1) is 21.3 Å². The van der Waals surface area contributed by atoms with E-state index in [9.17, 15) is 30.3 Å². The number of hydrogen-bond acceptors (Lipinski definition) is 17. The van der Waals surface area contributed by atoms with Crippen LogP contribution in [0.25, 0.3) is 0 Å². The van der Waals surface area contributed by atoms with Crippen molar-refractivity contribution in [1.29, 1.82) is 0 Å². The SMILES string of the molecule is CC[C@H]1OC(=O)[C@H](C)[C@@H](O[C@H]2C[C@@](C)(OC)[C@@H](O)[C@H](C)O2)[C@H](C)[C@@H](O[C@@H]2OCC[C@H](N(C)CCc3cn(CCCOc4ccc(I)cc4)nn3)[C@H]2O)[C@](C)(O)C[C@@H](C)CN(C)[C@H](C)[C@@H](O)[C@]1(C)O. The van der Waals surface area contributed by atoms with Crippen LogP contribution in [0.3, 0.4) is 0 Å². The Balaban J connectivity index is 1.38. The molecule has 0 radical (unpaired) electrons. The zero-order chi connectivity index (χ0) is 50.3. The molecule has 17 atom stereocenters. The van der Waals surface area contributed by atoms with Gasteiger partial charge in [-0.05, 0) is 128 Å². The predicted octanol–water partition coefficient (Wildman–Crippen LogP) is 3.79. The number of methoxy groups -OCH3 is 1. The lowest BCUT2D eigenvalue weighted by Gasteiger charge is -2.48. The van der Waals surface area contributed by atoms with Gasteiger partial charge in [-0.25, -0.2) is 0 Å². The Morgan fingerprint density at radius 2 is 1.69 bits per heavy atom. The van der Waals surface area contributed by atoms with Gasteiger partial charge in [0.1, 0.15) is 35.8 Å². The summed E-state index contributed by atoms with van der Waals surface area (Å²) >= 11 is 2.26. The van der Waals surface area contributed by atoms with Crippen LogP contribution in [0.15, 0.2) is 30.5 Å². The fraction of sp³-hybridized carbons (Fsp3) is 0.816. The van der Waals surface area contributed by atoms with Crippen molar-refractivity contribution in [3.8, 4) is 5.75 Å². The number of halogens is 1. The van der Waals surface area contributed by atoms with E-state index < -0.39 is 96.0 Å². The highest BCUT2D eigenvalue weighted by atomic mass is 127. The van der Waals surface area contributed by atoms with Crippen LogP contribution >= 0.6 is 22.6 Å². The van der Waals surface area contributed by atoms with Gasteiger partial charge in [0.05, 0.1) is 54.3 Å². The summed E-state index contributed by atoms with van der Waals surface area (Å²) < 4.78 is 46.8. The minimum absolute atomic E-state index is 0.111. The molecule has 0 amide bonds. The third-order valence-corrected chi connectivity index (χ3v) is 15.5. The Kier molecular flexibility index (Phi) is 20.5. The van der Waals surface area contributed by atoms with Gasteiger partial charge in [-0.15, -0.1) is 5.10 Å². The number of benzene rings is 1. The number of nitrogens with zero attached hydrogens (tertiary/aromatic N) is 5. The fourth-order valence-corrected chi connectivity index (χ4v) is 10.8. The summed E-state index contributed by atoms with van der Waals surface area (Å²) in [5.41, 5.74) is -3.67. The molecule has 0 bridgehead atoms. The number of aromatic nitrogens is 3. The number of aliphatic hydroxyl groups excluding tert-OH is 3. The monoisotopic (exact) mass is 1080 g/mol. The molecular weight excluding hydrogens is 993 g/mol. The molecule has 4 heterocycles. The number of carbonyl (C=O) groups excluding carboxylic acids is 1. The molecule has 1 aromatic carbocycles. The van der Waals surface area contributed by atoms with Crippen LogP contribution in [-0.2, 0) is 46.2 Å². The molecule has 2 aromatic rings. The second-order valence-electron chi connectivity index (χ2n) is 20.5. The molecule has 3 fully saturated rings. The molecule has 3 aliphatic rings. The van der Waals surface area contributed by atoms with Gasteiger partial charge in [0.25, 0.3) is 0 Å². The van der Waals surface area contributed by atoms with E-state index in [1.165, 1.54) is 14.0 Å². The Morgan fingerprint density at radius 3 is 2.35 bits per heavy atom. The van der Waals surface area contributed by atoms with Crippen molar-refractivity contribution in [2.75, 3.05) is 47.5 Å². The lowest BCUT2D eigenvalue weighted by atomic mass is 9.77. The molecule has 5 N–H and O–H groups in total. The third-order valence-electron chi connectivity index (χ3n) is 14.8. The number of carbonyl (C=O) groups is 1. The summed E-state index contributed by atoms with van der Waals surface area (Å²) in [6, 6.07) is 6.99. The Labute approximate surface area is 417 Å². The molecule has 3 aliphatic heterocycles. The van der Waals surface area contributed by atoms with Gasteiger partial charge in [-0.3, -0.25) is 9.48 Å². The minimum Gasteiger partial charge on any atom is -0.494 e. The van der Waals surface area contributed by atoms with Crippen molar-refractivity contribution in [3.05, 3.63) is 39.7 Å². The van der Waals surface area contributed by atoms with Crippen LogP contribution in [-0.4, -0.2) is 188 Å². The molecule has 0 unspecified atom stereocenters. The summed E-state index contributed by atoms with van der Waals surface area (Å²) in [4.78, 5) is 18.4. The molecule has 388 valence electrons. The molecule has 1 aromatic heterocycles. The molecule has 18 nitrogen and oxygen atoms in total. The van der Waals surface area contributed by atoms with Gasteiger partial charge < -0.3 is 68.5 Å². The van der Waals surface area contributed by atoms with Crippen LogP contribution < -0.4 is 4.74 Å². The van der Waals surface area contributed by atoms with E-state index in [1.54, 1.807) is 41.5 Å². The summed E-state index contributed by atoms with van der Waals surface area (Å²) in [6.07, 6.45) is -5.17. The number of aryl methyl sites for hydroxylation is 1. The van der Waals surface area contributed by atoms with E-state index >= 15 is 0 Å². The normalized spacial score (nSPS) is 39.5. The van der Waals surface area contributed by atoms with Gasteiger partial charge in [-0.2, -0.15) is 0 Å². The van der Waals surface area contributed by atoms with Crippen LogP contribution in [0.4, 0.5) is 0 Å². The topological polar surface area (TPSA) is 220 Å². The second kappa shape index (κ2) is 24.5. The average molecular weight is 1080 g/mol. The second-order valence-corrected chi connectivity index (χ2v) is 21.8. The van der Waals surface area contributed by atoms with E-state index in [4.69, 9.17) is 33.2 Å². The third kappa shape index (κ3) is 14.1. The first kappa shape index (κ1) is 56.8. The van der Waals surface area contributed by atoms with E-state index in [2.05, 4.69) is 37.8 Å². The molecule has 0 spiro atoms. The molecule has 0 saturated carbocycles. The van der Waals surface area contributed by atoms with Crippen molar-refractivity contribution in [3.63, 3.8) is 0 Å². The standard InChI is InChI=1S/C49H82IN5O13/c1-13-38-49(9,61)42(57)32(5)54(11)27-29(2)25-47(7,60)44(30(3)41(31(4)45(59)66-38)67-39-26-48(8,62-12)43(58)33(6)65-39)68-46-40(56)37(20-24-64-46)53(10)22-19-35-28-55(52-51-35)21-14-23-63-36-17-15-34(50)16-18-36/h15-18,28-33,37-44,46,56-58,60-61H,13-14,19-27H2,1-12H3/t29-,30+,31-,32-,33+,37+,38-,39+,40-,41+,42-,43+,44-,46+,47-,48-,49-/m1/s1. The zero-order valence-corrected chi connectivity index (χ0v) is 44.5. The minimum atomic E-state index is -1.83. The van der Waals surface area contributed by atoms with Crippen LogP contribution in [0.2, 0.25) is 0 Å². The highest BCUT2D eigenvalue weighted by molar-refractivity contribution is 14.1. The summed E-state index contributed by atoms with van der Waals surface area (Å²) in [5.74, 6) is -1.89. The quantitative estimate of drug-likeness (QED) is 0.0974. The smallest absolute Gasteiger partial charge is 0.311 e. The maximum absolute atomic E-state index is 14.4. The van der Waals surface area contributed by atoms with E-state index in [-0.39, 0.29) is 37.8 Å². The van der Waals surface area contributed by atoms with E-state index in [0.717, 1.165) is 21.4 Å². The number of hydrogen-bond donors (Lipinski definition) is 5. The fourth-order valence-electron chi connectivity index (χ4n) is 10.4. The molecule has 0 aliphatic carbocycles.